The lowest BCUT2D eigenvalue weighted by atomic mass is 9.92. The highest BCUT2D eigenvalue weighted by atomic mass is 32.1. The lowest BCUT2D eigenvalue weighted by Gasteiger charge is -2.22. The molecule has 0 saturated carbocycles. The summed E-state index contributed by atoms with van der Waals surface area (Å²) in [6.45, 7) is 6.86. The molecule has 0 aliphatic carbocycles. The number of aryl methyl sites for hydroxylation is 1. The van der Waals surface area contributed by atoms with Crippen LogP contribution in [0.25, 0.3) is 65.2 Å². The zero-order valence-electron chi connectivity index (χ0n) is 20.8. The number of H-pyrrole nitrogens is 2. The van der Waals surface area contributed by atoms with Gasteiger partial charge in [0.25, 0.3) is 0 Å². The number of nitrogens with zero attached hydrogens (tertiary/aromatic N) is 2. The second-order valence-electron chi connectivity index (χ2n) is 10.2. The van der Waals surface area contributed by atoms with Gasteiger partial charge in [0.05, 0.1) is 16.6 Å². The largest absolute Gasteiger partial charge is 0.486 e. The number of hydrogen-bond acceptors (Lipinski definition) is 4. The average molecular weight is 501 g/mol. The molecule has 0 unspecified atom stereocenters. The number of imidazole rings is 2. The molecular weight excluding hydrogens is 476 g/mol. The van der Waals surface area contributed by atoms with Crippen molar-refractivity contribution < 1.29 is 4.74 Å². The molecule has 6 heteroatoms. The minimum atomic E-state index is 0.340. The second kappa shape index (κ2) is 7.43. The predicted octanol–water partition coefficient (Wildman–Crippen LogP) is 8.47. The lowest BCUT2D eigenvalue weighted by molar-refractivity contribution is 0.305. The predicted molar refractivity (Wildman–Crippen MR) is 153 cm³/mol. The summed E-state index contributed by atoms with van der Waals surface area (Å²) < 4.78 is 7.61. The average Bonchev–Trinajstić information content (AvgIpc) is 3.65. The number of benzene rings is 4. The van der Waals surface area contributed by atoms with Crippen LogP contribution in [0.3, 0.4) is 0 Å². The van der Waals surface area contributed by atoms with Gasteiger partial charge in [-0.2, -0.15) is 0 Å². The monoisotopic (exact) mass is 500 g/mol. The summed E-state index contributed by atoms with van der Waals surface area (Å²) in [5, 5.41) is 5.86. The van der Waals surface area contributed by atoms with Crippen LogP contribution in [0.15, 0.2) is 60.0 Å². The van der Waals surface area contributed by atoms with Crippen molar-refractivity contribution >= 4 is 54.3 Å². The Hall–Kier alpha value is -4.16. The SMILES string of the molecule is Cc1nc2c3ccsc3c3cc(-c4ccc5c(c4)COc4c-5ccc5[nH]c(C(C)C)nc45)ccc3c2[nH]1. The molecule has 0 fully saturated rings. The van der Waals surface area contributed by atoms with Gasteiger partial charge in [-0.25, -0.2) is 9.97 Å². The Bertz CT molecular complexity index is 2040. The molecule has 3 aromatic heterocycles. The third-order valence-electron chi connectivity index (χ3n) is 7.55. The third-order valence-corrected chi connectivity index (χ3v) is 8.50. The highest BCUT2D eigenvalue weighted by molar-refractivity contribution is 7.18. The molecular formula is C31H24N4OS. The molecule has 8 rings (SSSR count). The Morgan fingerprint density at radius 1 is 0.838 bits per heavy atom. The third kappa shape index (κ3) is 2.96. The molecule has 7 aromatic rings. The van der Waals surface area contributed by atoms with E-state index in [1.807, 2.05) is 6.92 Å². The Labute approximate surface area is 217 Å². The molecule has 4 aromatic carbocycles. The summed E-state index contributed by atoms with van der Waals surface area (Å²) >= 11 is 1.78. The minimum absolute atomic E-state index is 0.340. The van der Waals surface area contributed by atoms with Gasteiger partial charge in [-0.15, -0.1) is 11.3 Å². The molecule has 5 nitrogen and oxygen atoms in total. The molecule has 0 bridgehead atoms. The standard InChI is InChI=1S/C31H24N4OS/c1-15(2)31-34-25-9-8-22-20-6-4-17(12-19(20)14-36-29(22)28(25)35-31)18-5-7-21-24(13-18)30-23(10-11-37-30)27-26(21)32-16(3)33-27/h4-13,15H,14H2,1-3H3,(H,32,33)(H,34,35). The van der Waals surface area contributed by atoms with Gasteiger partial charge in [-0.1, -0.05) is 38.1 Å². The van der Waals surface area contributed by atoms with Gasteiger partial charge in [0.2, 0.25) is 0 Å². The summed E-state index contributed by atoms with van der Waals surface area (Å²) in [4.78, 5) is 16.5. The van der Waals surface area contributed by atoms with Crippen LogP contribution in [0.5, 0.6) is 5.75 Å². The number of aromatic nitrogens is 4. The van der Waals surface area contributed by atoms with E-state index >= 15 is 0 Å². The normalized spacial score (nSPS) is 13.1. The maximum atomic E-state index is 6.32. The molecule has 0 atom stereocenters. The van der Waals surface area contributed by atoms with Crippen molar-refractivity contribution in [1.82, 2.24) is 19.9 Å². The van der Waals surface area contributed by atoms with Crippen LogP contribution in [0, 0.1) is 6.92 Å². The summed E-state index contributed by atoms with van der Waals surface area (Å²) in [6, 6.07) is 20.0. The van der Waals surface area contributed by atoms with Gasteiger partial charge in [-0.05, 0) is 64.9 Å². The molecule has 2 N–H and O–H groups in total. The highest BCUT2D eigenvalue weighted by Crippen LogP contribution is 2.44. The summed E-state index contributed by atoms with van der Waals surface area (Å²) in [5.41, 5.74) is 10.1. The number of rotatable bonds is 2. The van der Waals surface area contributed by atoms with E-state index in [0.29, 0.717) is 12.5 Å². The fraction of sp³-hybridized carbons (Fsp3) is 0.161. The van der Waals surface area contributed by atoms with Crippen molar-refractivity contribution in [3.05, 3.63) is 77.2 Å². The van der Waals surface area contributed by atoms with Crippen molar-refractivity contribution in [2.24, 2.45) is 0 Å². The van der Waals surface area contributed by atoms with E-state index in [1.165, 1.54) is 43.1 Å². The minimum Gasteiger partial charge on any atom is -0.486 e. The zero-order chi connectivity index (χ0) is 24.8. The first kappa shape index (κ1) is 21.0. The Morgan fingerprint density at radius 3 is 2.57 bits per heavy atom. The van der Waals surface area contributed by atoms with E-state index in [1.54, 1.807) is 11.3 Å². The van der Waals surface area contributed by atoms with Crippen molar-refractivity contribution in [1.29, 1.82) is 0 Å². The van der Waals surface area contributed by atoms with Crippen molar-refractivity contribution in [2.75, 3.05) is 0 Å². The fourth-order valence-corrected chi connectivity index (χ4v) is 6.65. The van der Waals surface area contributed by atoms with Gasteiger partial charge in [0, 0.05) is 32.3 Å². The summed E-state index contributed by atoms with van der Waals surface area (Å²) in [7, 11) is 0. The summed E-state index contributed by atoms with van der Waals surface area (Å²) in [5.74, 6) is 3.16. The number of ether oxygens (including phenoxy) is 1. The number of aromatic amines is 2. The van der Waals surface area contributed by atoms with Gasteiger partial charge in [-0.3, -0.25) is 0 Å². The van der Waals surface area contributed by atoms with Gasteiger partial charge >= 0.3 is 0 Å². The van der Waals surface area contributed by atoms with Crippen LogP contribution < -0.4 is 4.74 Å². The Kier molecular flexibility index (Phi) is 4.21. The van der Waals surface area contributed by atoms with Crippen LogP contribution in [0.2, 0.25) is 0 Å². The first-order valence-corrected chi connectivity index (χ1v) is 13.5. The number of fused-ring (bicyclic) bond motifs is 11. The summed E-state index contributed by atoms with van der Waals surface area (Å²) in [6.07, 6.45) is 0. The van der Waals surface area contributed by atoms with E-state index in [2.05, 4.69) is 83.8 Å². The smallest absolute Gasteiger partial charge is 0.155 e. The van der Waals surface area contributed by atoms with E-state index in [9.17, 15) is 0 Å². The maximum absolute atomic E-state index is 6.32. The topological polar surface area (TPSA) is 66.6 Å². The van der Waals surface area contributed by atoms with Gasteiger partial charge < -0.3 is 14.7 Å². The quantitative estimate of drug-likeness (QED) is 0.250. The van der Waals surface area contributed by atoms with Crippen LogP contribution in [-0.4, -0.2) is 19.9 Å². The molecule has 1 aliphatic heterocycles. The fourth-order valence-electron chi connectivity index (χ4n) is 5.72. The zero-order valence-corrected chi connectivity index (χ0v) is 21.6. The van der Waals surface area contributed by atoms with Crippen LogP contribution >= 0.6 is 11.3 Å². The molecule has 180 valence electrons. The molecule has 4 heterocycles. The van der Waals surface area contributed by atoms with Crippen molar-refractivity contribution in [3.8, 4) is 28.0 Å². The molecule has 1 aliphatic rings. The molecule has 0 saturated heterocycles. The molecule has 37 heavy (non-hydrogen) atoms. The van der Waals surface area contributed by atoms with Gasteiger partial charge in [0.15, 0.2) is 5.75 Å². The number of nitrogens with one attached hydrogen (secondary N) is 2. The molecule has 0 radical (unpaired) electrons. The van der Waals surface area contributed by atoms with Crippen LogP contribution in [-0.2, 0) is 6.61 Å². The highest BCUT2D eigenvalue weighted by Gasteiger charge is 2.23. The van der Waals surface area contributed by atoms with Crippen LogP contribution in [0.1, 0.15) is 37.0 Å². The first-order valence-electron chi connectivity index (χ1n) is 12.6. The second-order valence-corrected chi connectivity index (χ2v) is 11.2. The van der Waals surface area contributed by atoms with Crippen molar-refractivity contribution in [3.63, 3.8) is 0 Å². The molecule has 0 amide bonds. The van der Waals surface area contributed by atoms with E-state index in [-0.39, 0.29) is 0 Å². The lowest BCUT2D eigenvalue weighted by Crippen LogP contribution is -2.06. The van der Waals surface area contributed by atoms with Gasteiger partial charge in [0.1, 0.15) is 23.8 Å². The number of thiophene rings is 1. The Balaban J connectivity index is 1.27. The molecule has 0 spiro atoms. The Morgan fingerprint density at radius 2 is 1.68 bits per heavy atom. The van der Waals surface area contributed by atoms with E-state index in [4.69, 9.17) is 14.7 Å². The van der Waals surface area contributed by atoms with Crippen molar-refractivity contribution in [2.45, 2.75) is 33.3 Å². The van der Waals surface area contributed by atoms with E-state index in [0.717, 1.165) is 45.0 Å². The van der Waals surface area contributed by atoms with E-state index < -0.39 is 0 Å². The first-order chi connectivity index (χ1) is 18.0. The van der Waals surface area contributed by atoms with Crippen LogP contribution in [0.4, 0.5) is 0 Å². The number of hydrogen-bond donors (Lipinski definition) is 2. The maximum Gasteiger partial charge on any atom is 0.155 e.